The smallest absolute Gasteiger partial charge is 0.261 e. The van der Waals surface area contributed by atoms with Gasteiger partial charge in [-0.1, -0.05) is 11.6 Å². The number of aromatic amines is 1. The summed E-state index contributed by atoms with van der Waals surface area (Å²) in [4.78, 5) is 32.2. The fourth-order valence-corrected chi connectivity index (χ4v) is 3.84. The second-order valence-corrected chi connectivity index (χ2v) is 7.31. The number of H-pyrrole nitrogens is 1. The molecule has 0 saturated carbocycles. The Morgan fingerprint density at radius 1 is 1.00 bits per heavy atom. The number of halogens is 1. The van der Waals surface area contributed by atoms with Crippen LogP contribution < -0.4 is 10.5 Å². The van der Waals surface area contributed by atoms with E-state index >= 15 is 0 Å². The van der Waals surface area contributed by atoms with E-state index in [1.165, 1.54) is 12.1 Å². The maximum atomic E-state index is 13.1. The number of nitrogens with one attached hydrogen (secondary N) is 1. The Morgan fingerprint density at radius 3 is 2.36 bits per heavy atom. The molecule has 4 rings (SSSR count). The van der Waals surface area contributed by atoms with E-state index in [2.05, 4.69) is 9.88 Å². The van der Waals surface area contributed by atoms with E-state index in [1.54, 1.807) is 23.1 Å². The molecule has 5 nitrogen and oxygen atoms in total. The number of carbonyl (C=O) groups is 1. The fourth-order valence-electron chi connectivity index (χ4n) is 3.84. The number of nitrogens with zero attached hydrogens (tertiary/aromatic N) is 2. The highest BCUT2D eigenvalue weighted by atomic mass is 19.1. The summed E-state index contributed by atoms with van der Waals surface area (Å²) in [5.74, 6) is -0.514. The van der Waals surface area contributed by atoms with Gasteiger partial charge in [-0.2, -0.15) is 0 Å². The molecule has 1 aliphatic heterocycles. The van der Waals surface area contributed by atoms with Crippen LogP contribution in [0.5, 0.6) is 0 Å². The fraction of sp³-hybridized carbons (Fsp3) is 0.273. The van der Waals surface area contributed by atoms with Gasteiger partial charge in [-0.05, 0) is 61.2 Å². The summed E-state index contributed by atoms with van der Waals surface area (Å²) in [5.41, 5.74) is 3.59. The SMILES string of the molecule is Cc1cc(C)c2[nH]c(=O)c(C(=O)N3CCN(c4ccc(F)cc4)CC3)cc2c1. The summed E-state index contributed by atoms with van der Waals surface area (Å²) < 4.78 is 13.1. The topological polar surface area (TPSA) is 56.4 Å². The lowest BCUT2D eigenvalue weighted by Crippen LogP contribution is -2.49. The van der Waals surface area contributed by atoms with Crippen LogP contribution in [0.2, 0.25) is 0 Å². The normalized spacial score (nSPS) is 14.5. The number of carbonyl (C=O) groups excluding carboxylic acids is 1. The number of fused-ring (bicyclic) bond motifs is 1. The minimum Gasteiger partial charge on any atom is -0.368 e. The number of aryl methyl sites for hydroxylation is 2. The molecule has 1 fully saturated rings. The van der Waals surface area contributed by atoms with Crippen LogP contribution in [0.3, 0.4) is 0 Å². The van der Waals surface area contributed by atoms with Crippen LogP contribution in [-0.4, -0.2) is 42.0 Å². The first kappa shape index (κ1) is 18.2. The molecule has 0 spiro atoms. The van der Waals surface area contributed by atoms with Gasteiger partial charge >= 0.3 is 0 Å². The second kappa shape index (κ2) is 7.11. The number of rotatable bonds is 2. The molecule has 1 aromatic heterocycles. The van der Waals surface area contributed by atoms with Gasteiger partial charge in [0.1, 0.15) is 11.4 Å². The summed E-state index contributed by atoms with van der Waals surface area (Å²) >= 11 is 0. The molecular weight excluding hydrogens is 357 g/mol. The zero-order valence-electron chi connectivity index (χ0n) is 16.0. The van der Waals surface area contributed by atoms with Crippen LogP contribution in [-0.2, 0) is 0 Å². The average Bonchev–Trinajstić information content (AvgIpc) is 2.68. The summed E-state index contributed by atoms with van der Waals surface area (Å²) in [5, 5.41) is 0.866. The number of hydrogen-bond donors (Lipinski definition) is 1. The van der Waals surface area contributed by atoms with Crippen LogP contribution in [0.4, 0.5) is 10.1 Å². The van der Waals surface area contributed by atoms with Gasteiger partial charge in [-0.25, -0.2) is 4.39 Å². The molecule has 144 valence electrons. The van der Waals surface area contributed by atoms with Gasteiger partial charge in [0.05, 0.1) is 5.52 Å². The minimum absolute atomic E-state index is 0.174. The monoisotopic (exact) mass is 379 g/mol. The number of amides is 1. The van der Waals surface area contributed by atoms with Crippen molar-refractivity contribution in [2.45, 2.75) is 13.8 Å². The number of aromatic nitrogens is 1. The molecule has 0 bridgehead atoms. The third kappa shape index (κ3) is 3.38. The summed E-state index contributed by atoms with van der Waals surface area (Å²) in [6.07, 6.45) is 0. The predicted octanol–water partition coefficient (Wildman–Crippen LogP) is 3.25. The van der Waals surface area contributed by atoms with Gasteiger partial charge in [0.2, 0.25) is 0 Å². The van der Waals surface area contributed by atoms with Gasteiger partial charge in [-0.3, -0.25) is 9.59 Å². The van der Waals surface area contributed by atoms with E-state index in [0.717, 1.165) is 27.7 Å². The van der Waals surface area contributed by atoms with Gasteiger partial charge in [0.25, 0.3) is 11.5 Å². The van der Waals surface area contributed by atoms with E-state index in [9.17, 15) is 14.0 Å². The summed E-state index contributed by atoms with van der Waals surface area (Å²) in [6, 6.07) is 12.0. The van der Waals surface area contributed by atoms with Crippen molar-refractivity contribution in [2.24, 2.45) is 0 Å². The lowest BCUT2D eigenvalue weighted by molar-refractivity contribution is 0.0745. The molecular formula is C22H22FN3O2. The molecule has 28 heavy (non-hydrogen) atoms. The Labute approximate surface area is 162 Å². The lowest BCUT2D eigenvalue weighted by atomic mass is 10.0. The van der Waals surface area contributed by atoms with Crippen molar-refractivity contribution in [3.63, 3.8) is 0 Å². The molecule has 0 radical (unpaired) electrons. The van der Waals surface area contributed by atoms with E-state index < -0.39 is 0 Å². The maximum Gasteiger partial charge on any atom is 0.261 e. The molecule has 3 aromatic rings. The van der Waals surface area contributed by atoms with Crippen LogP contribution in [0, 0.1) is 19.7 Å². The Morgan fingerprint density at radius 2 is 1.68 bits per heavy atom. The van der Waals surface area contributed by atoms with Crippen LogP contribution in [0.15, 0.2) is 47.3 Å². The van der Waals surface area contributed by atoms with Crippen molar-refractivity contribution in [3.8, 4) is 0 Å². The molecule has 2 aromatic carbocycles. The molecule has 2 heterocycles. The molecule has 6 heteroatoms. The standard InChI is InChI=1S/C22H22FN3O2/c1-14-11-15(2)20-16(12-14)13-19(21(27)24-20)22(28)26-9-7-25(8-10-26)18-5-3-17(23)4-6-18/h3-6,11-13H,7-10H2,1-2H3,(H,24,27). The van der Waals surface area contributed by atoms with Crippen molar-refractivity contribution < 1.29 is 9.18 Å². The van der Waals surface area contributed by atoms with Gasteiger partial charge in [-0.15, -0.1) is 0 Å². The molecule has 1 saturated heterocycles. The van der Waals surface area contributed by atoms with Crippen molar-refractivity contribution in [2.75, 3.05) is 31.1 Å². The van der Waals surface area contributed by atoms with Crippen molar-refractivity contribution in [1.29, 1.82) is 0 Å². The van der Waals surface area contributed by atoms with Gasteiger partial charge in [0, 0.05) is 31.9 Å². The number of benzene rings is 2. The van der Waals surface area contributed by atoms with E-state index in [0.29, 0.717) is 26.2 Å². The third-order valence-electron chi connectivity index (χ3n) is 5.28. The quantitative estimate of drug-likeness (QED) is 0.744. The Hall–Kier alpha value is -3.15. The Balaban J connectivity index is 1.55. The minimum atomic E-state index is -0.356. The van der Waals surface area contributed by atoms with Gasteiger partial charge in [0.15, 0.2) is 0 Å². The highest BCUT2D eigenvalue weighted by Crippen LogP contribution is 2.20. The van der Waals surface area contributed by atoms with E-state index in [1.807, 2.05) is 26.0 Å². The number of piperazine rings is 1. The van der Waals surface area contributed by atoms with Crippen LogP contribution >= 0.6 is 0 Å². The van der Waals surface area contributed by atoms with Crippen molar-refractivity contribution >= 4 is 22.5 Å². The zero-order valence-corrected chi connectivity index (χ0v) is 16.0. The predicted molar refractivity (Wildman–Crippen MR) is 109 cm³/mol. The molecule has 0 unspecified atom stereocenters. The van der Waals surface area contributed by atoms with E-state index in [-0.39, 0.29) is 22.8 Å². The molecule has 1 N–H and O–H groups in total. The first-order valence-corrected chi connectivity index (χ1v) is 9.36. The zero-order chi connectivity index (χ0) is 19.8. The first-order valence-electron chi connectivity index (χ1n) is 9.36. The number of hydrogen-bond acceptors (Lipinski definition) is 3. The summed E-state index contributed by atoms with van der Waals surface area (Å²) in [6.45, 7) is 6.25. The van der Waals surface area contributed by atoms with Crippen LogP contribution in [0.25, 0.3) is 10.9 Å². The second-order valence-electron chi connectivity index (χ2n) is 7.31. The third-order valence-corrected chi connectivity index (χ3v) is 5.28. The molecule has 0 aliphatic carbocycles. The van der Waals surface area contributed by atoms with Gasteiger partial charge < -0.3 is 14.8 Å². The van der Waals surface area contributed by atoms with Crippen molar-refractivity contribution in [3.05, 3.63) is 75.3 Å². The highest BCUT2D eigenvalue weighted by Gasteiger charge is 2.24. The number of pyridine rings is 1. The Bertz CT molecular complexity index is 1100. The molecule has 0 atom stereocenters. The maximum absolute atomic E-state index is 13.1. The molecule has 1 aliphatic rings. The number of anilines is 1. The Kier molecular flexibility index (Phi) is 4.63. The summed E-state index contributed by atoms with van der Waals surface area (Å²) in [7, 11) is 0. The largest absolute Gasteiger partial charge is 0.368 e. The average molecular weight is 379 g/mol. The molecule has 1 amide bonds. The highest BCUT2D eigenvalue weighted by molar-refractivity contribution is 5.97. The van der Waals surface area contributed by atoms with Crippen molar-refractivity contribution in [1.82, 2.24) is 9.88 Å². The lowest BCUT2D eigenvalue weighted by Gasteiger charge is -2.36. The first-order chi connectivity index (χ1) is 13.4. The van der Waals surface area contributed by atoms with Crippen LogP contribution in [0.1, 0.15) is 21.5 Å². The van der Waals surface area contributed by atoms with E-state index in [4.69, 9.17) is 0 Å².